The number of hydrogen-bond acceptors (Lipinski definition) is 4. The van der Waals surface area contributed by atoms with Crippen molar-refractivity contribution >= 4 is 0 Å². The quantitative estimate of drug-likeness (QED) is 0.485. The molecular formula is C20H42N2O2. The summed E-state index contributed by atoms with van der Waals surface area (Å²) in [6.07, 6.45) is 0. The second-order valence-electron chi connectivity index (χ2n) is 10.1. The van der Waals surface area contributed by atoms with E-state index in [1.165, 1.54) is 0 Å². The highest BCUT2D eigenvalue weighted by molar-refractivity contribution is 4.90. The first-order chi connectivity index (χ1) is 10.5. The van der Waals surface area contributed by atoms with Gasteiger partial charge in [-0.1, -0.05) is 69.2 Å². The minimum absolute atomic E-state index is 0.164. The highest BCUT2D eigenvalue weighted by Gasteiger charge is 2.43. The molecule has 0 amide bonds. The van der Waals surface area contributed by atoms with Crippen molar-refractivity contribution in [1.29, 1.82) is 0 Å². The summed E-state index contributed by atoms with van der Waals surface area (Å²) in [7, 11) is 0. The second kappa shape index (κ2) is 8.27. The minimum Gasteiger partial charge on any atom is -0.351 e. The molecule has 0 aromatic carbocycles. The lowest BCUT2D eigenvalue weighted by Crippen LogP contribution is -2.45. The minimum atomic E-state index is -0.690. The maximum atomic E-state index is 6.17. The fourth-order valence-corrected chi connectivity index (χ4v) is 1.64. The van der Waals surface area contributed by atoms with Crippen LogP contribution in [0.1, 0.15) is 83.1 Å². The molecule has 0 bridgehead atoms. The lowest BCUT2D eigenvalue weighted by atomic mass is 9.83. The molecule has 0 radical (unpaired) electrons. The van der Waals surface area contributed by atoms with Crippen LogP contribution in [0, 0.1) is 22.7 Å². The van der Waals surface area contributed by atoms with E-state index in [0.717, 1.165) is 0 Å². The van der Waals surface area contributed by atoms with Gasteiger partial charge in [-0.05, 0) is 25.7 Å². The average Bonchev–Trinajstić information content (AvgIpc) is 2.38. The first kappa shape index (κ1) is 23.5. The lowest BCUT2D eigenvalue weighted by molar-refractivity contribution is -0.137. The summed E-state index contributed by atoms with van der Waals surface area (Å²) in [5, 5.41) is 9.39. The molecule has 0 heterocycles. The molecule has 4 heteroatoms. The van der Waals surface area contributed by atoms with Crippen molar-refractivity contribution in [1.82, 2.24) is 0 Å². The Morgan fingerprint density at radius 2 is 0.833 bits per heavy atom. The van der Waals surface area contributed by atoms with E-state index < -0.39 is 11.4 Å². The number of azo groups is 1. The van der Waals surface area contributed by atoms with E-state index in [1.807, 2.05) is 13.8 Å². The van der Waals surface area contributed by atoms with Gasteiger partial charge in [0.2, 0.25) is 0 Å². The highest BCUT2D eigenvalue weighted by atomic mass is 16.5. The number of rotatable bonds is 8. The number of nitrogens with zero attached hydrogens (tertiary/aromatic N) is 2. The second-order valence-corrected chi connectivity index (χ2v) is 10.1. The Labute approximate surface area is 150 Å². The molecule has 0 spiro atoms. The topological polar surface area (TPSA) is 43.2 Å². The van der Waals surface area contributed by atoms with Gasteiger partial charge < -0.3 is 9.47 Å². The Morgan fingerprint density at radius 1 is 0.583 bits per heavy atom. The van der Waals surface area contributed by atoms with Gasteiger partial charge in [-0.15, -0.1) is 0 Å². The average molecular weight is 343 g/mol. The summed E-state index contributed by atoms with van der Waals surface area (Å²) in [5.41, 5.74) is -1.71. The van der Waals surface area contributed by atoms with Gasteiger partial charge in [0.15, 0.2) is 11.4 Å². The lowest BCUT2D eigenvalue weighted by Gasteiger charge is -2.41. The van der Waals surface area contributed by atoms with Gasteiger partial charge in [0.05, 0.1) is 13.2 Å². The zero-order valence-electron chi connectivity index (χ0n) is 18.3. The summed E-state index contributed by atoms with van der Waals surface area (Å²) in [5.74, 6) is 0.904. The van der Waals surface area contributed by atoms with Crippen LogP contribution in [-0.2, 0) is 9.47 Å². The molecule has 0 aromatic rings. The Bertz CT molecular complexity index is 367. The summed E-state index contributed by atoms with van der Waals surface area (Å²) in [6.45, 7) is 26.7. The molecule has 144 valence electrons. The smallest absolute Gasteiger partial charge is 0.180 e. The Kier molecular flexibility index (Phi) is 8.10. The SMILES string of the molecule is CC(C)COC(C)(N=NC(C)(OCC(C)C)C(C)(C)C)C(C)(C)C. The molecule has 24 heavy (non-hydrogen) atoms. The molecule has 0 fully saturated rings. The van der Waals surface area contributed by atoms with Crippen molar-refractivity contribution in [3.8, 4) is 0 Å². The molecule has 0 aromatic heterocycles. The molecule has 4 nitrogen and oxygen atoms in total. The van der Waals surface area contributed by atoms with Crippen molar-refractivity contribution in [3.63, 3.8) is 0 Å². The van der Waals surface area contributed by atoms with Gasteiger partial charge in [-0.3, -0.25) is 0 Å². The van der Waals surface area contributed by atoms with Crippen LogP contribution in [-0.4, -0.2) is 24.7 Å². The van der Waals surface area contributed by atoms with Gasteiger partial charge in [0.1, 0.15) is 0 Å². The molecule has 0 aliphatic heterocycles. The zero-order chi connectivity index (χ0) is 19.4. The Morgan fingerprint density at radius 3 is 1.00 bits per heavy atom. The van der Waals surface area contributed by atoms with Crippen molar-refractivity contribution in [2.45, 2.75) is 94.5 Å². The summed E-state index contributed by atoms with van der Waals surface area (Å²) in [6, 6.07) is 0. The van der Waals surface area contributed by atoms with Crippen molar-refractivity contribution in [2.75, 3.05) is 13.2 Å². The van der Waals surface area contributed by atoms with Gasteiger partial charge in [-0.2, -0.15) is 10.2 Å². The molecule has 0 saturated heterocycles. The predicted molar refractivity (Wildman–Crippen MR) is 102 cm³/mol. The van der Waals surface area contributed by atoms with E-state index in [9.17, 15) is 0 Å². The first-order valence-electron chi connectivity index (χ1n) is 9.26. The molecule has 2 unspecified atom stereocenters. The van der Waals surface area contributed by atoms with Crippen molar-refractivity contribution < 1.29 is 9.47 Å². The van der Waals surface area contributed by atoms with E-state index in [4.69, 9.17) is 19.7 Å². The molecular weight excluding hydrogens is 300 g/mol. The standard InChI is InChI=1S/C20H42N2O2/c1-15(2)13-23-19(11,17(5,6)7)21-22-20(12,18(8,9)10)24-14-16(3)4/h15-16H,13-14H2,1-12H3. The van der Waals surface area contributed by atoms with Gasteiger partial charge in [0.25, 0.3) is 0 Å². The van der Waals surface area contributed by atoms with Crippen LogP contribution >= 0.6 is 0 Å². The normalized spacial score (nSPS) is 19.1. The third kappa shape index (κ3) is 6.79. The van der Waals surface area contributed by atoms with Gasteiger partial charge >= 0.3 is 0 Å². The molecule has 0 aliphatic carbocycles. The molecule has 0 aliphatic rings. The third-order valence-electron chi connectivity index (χ3n) is 4.61. The van der Waals surface area contributed by atoms with E-state index in [-0.39, 0.29) is 10.8 Å². The number of ether oxygens (including phenoxy) is 2. The molecule has 0 rings (SSSR count). The van der Waals surface area contributed by atoms with E-state index >= 15 is 0 Å². The van der Waals surface area contributed by atoms with Crippen LogP contribution in [0.3, 0.4) is 0 Å². The highest BCUT2D eigenvalue weighted by Crippen LogP contribution is 2.40. The van der Waals surface area contributed by atoms with E-state index in [2.05, 4.69) is 69.2 Å². The summed E-state index contributed by atoms with van der Waals surface area (Å²) in [4.78, 5) is 0. The fraction of sp³-hybridized carbons (Fsp3) is 1.00. The van der Waals surface area contributed by atoms with Crippen LogP contribution < -0.4 is 0 Å². The van der Waals surface area contributed by atoms with Crippen LogP contribution in [0.2, 0.25) is 0 Å². The van der Waals surface area contributed by atoms with Gasteiger partial charge in [-0.25, -0.2) is 0 Å². The maximum Gasteiger partial charge on any atom is 0.180 e. The first-order valence-corrected chi connectivity index (χ1v) is 9.26. The molecule has 0 N–H and O–H groups in total. The van der Waals surface area contributed by atoms with Crippen LogP contribution in [0.25, 0.3) is 0 Å². The van der Waals surface area contributed by atoms with Gasteiger partial charge in [0, 0.05) is 10.8 Å². The summed E-state index contributed by atoms with van der Waals surface area (Å²) < 4.78 is 12.3. The van der Waals surface area contributed by atoms with Crippen molar-refractivity contribution in [3.05, 3.63) is 0 Å². The fourth-order valence-electron chi connectivity index (χ4n) is 1.64. The Balaban J connectivity index is 5.59. The van der Waals surface area contributed by atoms with Crippen LogP contribution in [0.4, 0.5) is 0 Å². The molecule has 0 saturated carbocycles. The molecule has 2 atom stereocenters. The number of hydrogen-bond donors (Lipinski definition) is 0. The van der Waals surface area contributed by atoms with Crippen LogP contribution in [0.5, 0.6) is 0 Å². The predicted octanol–water partition coefficient (Wildman–Crippen LogP) is 6.31. The van der Waals surface area contributed by atoms with E-state index in [1.54, 1.807) is 0 Å². The monoisotopic (exact) mass is 342 g/mol. The zero-order valence-corrected chi connectivity index (χ0v) is 18.3. The Hall–Kier alpha value is -0.480. The third-order valence-corrected chi connectivity index (χ3v) is 4.61. The van der Waals surface area contributed by atoms with Crippen LogP contribution in [0.15, 0.2) is 10.2 Å². The van der Waals surface area contributed by atoms with E-state index in [0.29, 0.717) is 25.0 Å². The van der Waals surface area contributed by atoms with Crippen molar-refractivity contribution in [2.24, 2.45) is 32.9 Å². The summed E-state index contributed by atoms with van der Waals surface area (Å²) >= 11 is 0. The maximum absolute atomic E-state index is 6.17. The largest absolute Gasteiger partial charge is 0.351 e.